The van der Waals surface area contributed by atoms with Gasteiger partial charge in [0.2, 0.25) is 0 Å². The lowest BCUT2D eigenvalue weighted by molar-refractivity contribution is -0.137. The fraction of sp³-hybridized carbons (Fsp3) is 0.0625. The van der Waals surface area contributed by atoms with Gasteiger partial charge in [0, 0.05) is 5.56 Å². The van der Waals surface area contributed by atoms with Gasteiger partial charge in [-0.05, 0) is 35.9 Å². The van der Waals surface area contributed by atoms with Crippen LogP contribution in [0.3, 0.4) is 0 Å². The lowest BCUT2D eigenvalue weighted by atomic mass is 10.1. The number of allylic oxidation sites excluding steroid dienone is 1. The second-order valence-electron chi connectivity index (χ2n) is 4.37. The average Bonchev–Trinajstić information content (AvgIpc) is 2.44. The summed E-state index contributed by atoms with van der Waals surface area (Å²) in [5.74, 6) is -0.492. The number of alkyl halides is 3. The van der Waals surface area contributed by atoms with E-state index in [9.17, 15) is 23.1 Å². The summed E-state index contributed by atoms with van der Waals surface area (Å²) in [6.07, 6.45) is -1.88. The molecule has 0 spiro atoms. The van der Waals surface area contributed by atoms with Gasteiger partial charge in [0.05, 0.1) is 5.56 Å². The Balaban J connectivity index is 2.21. The number of hydrogen-bond donors (Lipinski definition) is 1. The van der Waals surface area contributed by atoms with Gasteiger partial charge in [-0.25, -0.2) is 0 Å². The molecule has 108 valence electrons. The third-order valence-corrected chi connectivity index (χ3v) is 2.77. The molecular formula is C16H11F3O2. The van der Waals surface area contributed by atoms with Crippen molar-refractivity contribution in [1.29, 1.82) is 0 Å². The Morgan fingerprint density at radius 1 is 1.05 bits per heavy atom. The second kappa shape index (κ2) is 5.83. The molecule has 0 bridgehead atoms. The number of phenols is 1. The highest BCUT2D eigenvalue weighted by molar-refractivity contribution is 6.06. The number of halogens is 3. The summed E-state index contributed by atoms with van der Waals surface area (Å²) < 4.78 is 37.7. The normalized spacial score (nSPS) is 11.8. The van der Waals surface area contributed by atoms with E-state index in [2.05, 4.69) is 0 Å². The molecule has 2 aromatic carbocycles. The molecule has 2 aromatic rings. The number of carbonyl (C=O) groups excluding carboxylic acids is 1. The zero-order valence-electron chi connectivity index (χ0n) is 10.8. The molecule has 0 fully saturated rings. The van der Waals surface area contributed by atoms with E-state index in [1.165, 1.54) is 36.4 Å². The summed E-state index contributed by atoms with van der Waals surface area (Å²) in [6.45, 7) is 0. The number of phenolic OH excluding ortho intramolecular Hbond substituents is 1. The van der Waals surface area contributed by atoms with Crippen molar-refractivity contribution in [2.24, 2.45) is 0 Å². The summed E-state index contributed by atoms with van der Waals surface area (Å²) in [5.41, 5.74) is -0.323. The molecule has 1 N–H and O–H groups in total. The van der Waals surface area contributed by atoms with E-state index >= 15 is 0 Å². The first kappa shape index (κ1) is 14.8. The van der Waals surface area contributed by atoms with Crippen molar-refractivity contribution in [3.05, 3.63) is 71.3 Å². The maximum Gasteiger partial charge on any atom is 0.416 e. The Kier molecular flexibility index (Phi) is 4.12. The van der Waals surface area contributed by atoms with Crippen LogP contribution in [0.2, 0.25) is 0 Å². The molecule has 0 saturated carbocycles. The molecule has 21 heavy (non-hydrogen) atoms. The van der Waals surface area contributed by atoms with Gasteiger partial charge in [-0.3, -0.25) is 4.79 Å². The van der Waals surface area contributed by atoms with Crippen molar-refractivity contribution in [3.8, 4) is 5.75 Å². The fourth-order valence-electron chi connectivity index (χ4n) is 1.75. The minimum Gasteiger partial charge on any atom is -0.508 e. The molecular weight excluding hydrogens is 281 g/mol. The van der Waals surface area contributed by atoms with E-state index in [1.807, 2.05) is 0 Å². The van der Waals surface area contributed by atoms with Crippen LogP contribution in [0.25, 0.3) is 6.08 Å². The molecule has 0 aliphatic rings. The van der Waals surface area contributed by atoms with Crippen LogP contribution in [-0.2, 0) is 6.18 Å². The van der Waals surface area contributed by atoms with Crippen molar-refractivity contribution in [3.63, 3.8) is 0 Å². The van der Waals surface area contributed by atoms with Crippen LogP contribution in [0.1, 0.15) is 21.5 Å². The fourth-order valence-corrected chi connectivity index (χ4v) is 1.75. The van der Waals surface area contributed by atoms with Gasteiger partial charge in [-0.1, -0.05) is 30.3 Å². The Labute approximate surface area is 119 Å². The van der Waals surface area contributed by atoms with E-state index in [0.29, 0.717) is 5.56 Å². The number of rotatable bonds is 3. The predicted octanol–water partition coefficient (Wildman–Crippen LogP) is 4.31. The number of aromatic hydroxyl groups is 1. The predicted molar refractivity (Wildman–Crippen MR) is 72.9 cm³/mol. The maximum atomic E-state index is 12.6. The highest BCUT2D eigenvalue weighted by Gasteiger charge is 2.30. The minimum atomic E-state index is -4.48. The number of carbonyl (C=O) groups is 1. The summed E-state index contributed by atoms with van der Waals surface area (Å²) in [6, 6.07) is 10.4. The monoisotopic (exact) mass is 292 g/mol. The molecule has 0 atom stereocenters. The summed E-state index contributed by atoms with van der Waals surface area (Å²) >= 11 is 0. The molecule has 5 heteroatoms. The van der Waals surface area contributed by atoms with Crippen LogP contribution in [0, 0.1) is 0 Å². The van der Waals surface area contributed by atoms with Gasteiger partial charge in [-0.15, -0.1) is 0 Å². The van der Waals surface area contributed by atoms with Crippen molar-refractivity contribution in [2.75, 3.05) is 0 Å². The maximum absolute atomic E-state index is 12.6. The molecule has 0 heterocycles. The molecule has 2 rings (SSSR count). The first-order valence-corrected chi connectivity index (χ1v) is 6.05. The average molecular weight is 292 g/mol. The molecule has 0 unspecified atom stereocenters. The zero-order valence-corrected chi connectivity index (χ0v) is 10.8. The SMILES string of the molecule is O=C(/C=C/c1cccc(O)c1)c1cccc(C(F)(F)F)c1. The third kappa shape index (κ3) is 3.95. The van der Waals surface area contributed by atoms with Crippen LogP contribution in [0.15, 0.2) is 54.6 Å². The van der Waals surface area contributed by atoms with Gasteiger partial charge in [-0.2, -0.15) is 13.2 Å². The Bertz CT molecular complexity index is 688. The van der Waals surface area contributed by atoms with E-state index < -0.39 is 17.5 Å². The molecule has 0 aliphatic carbocycles. The van der Waals surface area contributed by atoms with Gasteiger partial charge < -0.3 is 5.11 Å². The topological polar surface area (TPSA) is 37.3 Å². The first-order chi connectivity index (χ1) is 9.86. The minimum absolute atomic E-state index is 0.0405. The lowest BCUT2D eigenvalue weighted by Crippen LogP contribution is -2.06. The van der Waals surface area contributed by atoms with Crippen LogP contribution in [-0.4, -0.2) is 10.9 Å². The van der Waals surface area contributed by atoms with Crippen molar-refractivity contribution >= 4 is 11.9 Å². The highest BCUT2D eigenvalue weighted by Crippen LogP contribution is 2.29. The van der Waals surface area contributed by atoms with Gasteiger partial charge >= 0.3 is 6.18 Å². The molecule has 0 aliphatic heterocycles. The van der Waals surface area contributed by atoms with Crippen LogP contribution < -0.4 is 0 Å². The smallest absolute Gasteiger partial charge is 0.416 e. The third-order valence-electron chi connectivity index (χ3n) is 2.77. The van der Waals surface area contributed by atoms with Crippen LogP contribution in [0.4, 0.5) is 13.2 Å². The number of benzene rings is 2. The standard InChI is InChI=1S/C16H11F3O2/c17-16(18,19)13-5-2-4-12(10-13)15(21)8-7-11-3-1-6-14(20)9-11/h1-10,20H/b8-7+. The van der Waals surface area contributed by atoms with Crippen molar-refractivity contribution in [2.45, 2.75) is 6.18 Å². The van der Waals surface area contributed by atoms with Crippen molar-refractivity contribution < 1.29 is 23.1 Å². The van der Waals surface area contributed by atoms with E-state index in [1.54, 1.807) is 12.1 Å². The quantitative estimate of drug-likeness (QED) is 0.676. The molecule has 0 aromatic heterocycles. The zero-order chi connectivity index (χ0) is 15.5. The van der Waals surface area contributed by atoms with E-state index in [-0.39, 0.29) is 11.3 Å². The number of ketones is 1. The largest absolute Gasteiger partial charge is 0.508 e. The first-order valence-electron chi connectivity index (χ1n) is 6.05. The highest BCUT2D eigenvalue weighted by atomic mass is 19.4. The summed E-state index contributed by atoms with van der Waals surface area (Å²) in [5, 5.41) is 9.28. The molecule has 2 nitrogen and oxygen atoms in total. The Hall–Kier alpha value is -2.56. The van der Waals surface area contributed by atoms with Gasteiger partial charge in [0.15, 0.2) is 5.78 Å². The van der Waals surface area contributed by atoms with Gasteiger partial charge in [0.25, 0.3) is 0 Å². The van der Waals surface area contributed by atoms with Crippen molar-refractivity contribution in [1.82, 2.24) is 0 Å². The summed E-state index contributed by atoms with van der Waals surface area (Å²) in [4.78, 5) is 11.9. The van der Waals surface area contributed by atoms with E-state index in [4.69, 9.17) is 0 Å². The van der Waals surface area contributed by atoms with E-state index in [0.717, 1.165) is 12.1 Å². The number of hydrogen-bond acceptors (Lipinski definition) is 2. The van der Waals surface area contributed by atoms with Gasteiger partial charge in [0.1, 0.15) is 5.75 Å². The lowest BCUT2D eigenvalue weighted by Gasteiger charge is -2.07. The van der Waals surface area contributed by atoms with Crippen LogP contribution >= 0.6 is 0 Å². The molecule has 0 radical (unpaired) electrons. The summed E-state index contributed by atoms with van der Waals surface area (Å²) in [7, 11) is 0. The van der Waals surface area contributed by atoms with Crippen LogP contribution in [0.5, 0.6) is 5.75 Å². The molecule has 0 amide bonds. The Morgan fingerprint density at radius 2 is 1.76 bits per heavy atom. The Morgan fingerprint density at radius 3 is 2.43 bits per heavy atom. The molecule has 0 saturated heterocycles. The second-order valence-corrected chi connectivity index (χ2v) is 4.37.